The monoisotopic (exact) mass is 399 g/mol. The molecule has 1 aliphatic rings. The summed E-state index contributed by atoms with van der Waals surface area (Å²) < 4.78 is 11.0. The number of hydrogen-bond acceptors (Lipinski definition) is 7. The number of hydrogen-bond donors (Lipinski definition) is 2. The average molecular weight is 400 g/mol. The molecule has 140 valence electrons. The highest BCUT2D eigenvalue weighted by Gasteiger charge is 2.32. The Hall–Kier alpha value is -2.26. The van der Waals surface area contributed by atoms with E-state index >= 15 is 0 Å². The van der Waals surface area contributed by atoms with Crippen LogP contribution in [0.3, 0.4) is 0 Å². The predicted molar refractivity (Wildman–Crippen MR) is 101 cm³/mol. The van der Waals surface area contributed by atoms with Crippen LogP contribution in [0.1, 0.15) is 25.8 Å². The molecule has 0 aliphatic carbocycles. The molecule has 0 aromatic heterocycles. The topological polar surface area (TPSA) is 110 Å². The zero-order valence-corrected chi connectivity index (χ0v) is 15.8. The van der Waals surface area contributed by atoms with Gasteiger partial charge in [-0.2, -0.15) is 5.10 Å². The van der Waals surface area contributed by atoms with Gasteiger partial charge in [0.15, 0.2) is 16.7 Å². The number of nitrogens with one attached hydrogen (secondary N) is 1. The number of thioether (sulfide) groups is 1. The molecule has 1 atom stereocenters. The lowest BCUT2D eigenvalue weighted by atomic mass is 10.2. The number of amidine groups is 1. The van der Waals surface area contributed by atoms with E-state index < -0.39 is 17.1 Å². The highest BCUT2D eigenvalue weighted by atomic mass is 35.5. The molecule has 1 aromatic carbocycles. The zero-order valence-electron chi connectivity index (χ0n) is 14.2. The average Bonchev–Trinajstić information content (AvgIpc) is 2.90. The predicted octanol–water partition coefficient (Wildman–Crippen LogP) is 2.53. The van der Waals surface area contributed by atoms with E-state index in [1.54, 1.807) is 12.1 Å². The van der Waals surface area contributed by atoms with E-state index in [-0.39, 0.29) is 11.6 Å². The van der Waals surface area contributed by atoms with Gasteiger partial charge in [0.25, 0.3) is 0 Å². The third kappa shape index (κ3) is 5.37. The molecule has 1 aromatic rings. The van der Waals surface area contributed by atoms with Crippen LogP contribution >= 0.6 is 23.4 Å². The number of rotatable bonds is 8. The zero-order chi connectivity index (χ0) is 19.1. The molecular weight excluding hydrogens is 382 g/mol. The Balaban J connectivity index is 2.13. The van der Waals surface area contributed by atoms with Gasteiger partial charge >= 0.3 is 5.97 Å². The molecule has 0 radical (unpaired) electrons. The summed E-state index contributed by atoms with van der Waals surface area (Å²) in [6, 6.07) is 3.33. The first-order valence-electron chi connectivity index (χ1n) is 7.84. The Kier molecular flexibility index (Phi) is 7.28. The van der Waals surface area contributed by atoms with Gasteiger partial charge in [-0.25, -0.2) is 0 Å². The summed E-state index contributed by atoms with van der Waals surface area (Å²) in [6.45, 7) is 4.66. The van der Waals surface area contributed by atoms with Crippen molar-refractivity contribution in [3.63, 3.8) is 0 Å². The van der Waals surface area contributed by atoms with Gasteiger partial charge in [-0.1, -0.05) is 23.4 Å². The third-order valence-corrected chi connectivity index (χ3v) is 4.54. The number of halogens is 1. The minimum absolute atomic E-state index is 0.240. The number of carbonyl (C=O) groups excluding carboxylic acids is 1. The van der Waals surface area contributed by atoms with E-state index in [0.29, 0.717) is 35.3 Å². The molecular formula is C16H18ClN3O5S. The largest absolute Gasteiger partial charge is 0.490 e. The van der Waals surface area contributed by atoms with Crippen molar-refractivity contribution in [3.05, 3.63) is 22.7 Å². The van der Waals surface area contributed by atoms with Crippen molar-refractivity contribution in [2.45, 2.75) is 25.5 Å². The van der Waals surface area contributed by atoms with Gasteiger partial charge in [0.2, 0.25) is 5.91 Å². The van der Waals surface area contributed by atoms with E-state index in [4.69, 9.17) is 26.2 Å². The molecule has 8 nitrogen and oxygen atoms in total. The standard InChI is InChI=1S/C16H18ClN3O5S/c1-3-24-11-5-9(10(17)6-12(11)25-4-2)8-18-20-16-19-15(23)13(26-16)7-14(21)22/h5-6,8,13H,3-4,7H2,1-2H3,(H,21,22)(H,19,20,23). The lowest BCUT2D eigenvalue weighted by Gasteiger charge is -2.12. The van der Waals surface area contributed by atoms with Crippen LogP contribution in [0.4, 0.5) is 0 Å². The van der Waals surface area contributed by atoms with E-state index in [1.807, 2.05) is 13.8 Å². The quantitative estimate of drug-likeness (QED) is 0.513. The molecule has 0 saturated carbocycles. The molecule has 0 spiro atoms. The van der Waals surface area contributed by atoms with Crippen molar-refractivity contribution in [3.8, 4) is 11.5 Å². The minimum Gasteiger partial charge on any atom is -0.490 e. The van der Waals surface area contributed by atoms with Gasteiger partial charge in [-0.15, -0.1) is 5.10 Å². The summed E-state index contributed by atoms with van der Waals surface area (Å²) in [7, 11) is 0. The van der Waals surface area contributed by atoms with Gasteiger partial charge in [0, 0.05) is 11.6 Å². The van der Waals surface area contributed by atoms with Gasteiger partial charge in [-0.3, -0.25) is 9.59 Å². The minimum atomic E-state index is -1.05. The van der Waals surface area contributed by atoms with Gasteiger partial charge in [0.1, 0.15) is 5.25 Å². The molecule has 0 bridgehead atoms. The van der Waals surface area contributed by atoms with Crippen LogP contribution in [0.25, 0.3) is 0 Å². The SMILES string of the molecule is CCOc1cc(Cl)c(C=NN=C2NC(=O)C(CC(=O)O)S2)cc1OCC. The molecule has 26 heavy (non-hydrogen) atoms. The van der Waals surface area contributed by atoms with Crippen LogP contribution in [0.15, 0.2) is 22.3 Å². The maximum absolute atomic E-state index is 11.6. The van der Waals surface area contributed by atoms with Crippen molar-refractivity contribution in [2.75, 3.05) is 13.2 Å². The van der Waals surface area contributed by atoms with Crippen molar-refractivity contribution in [1.82, 2.24) is 5.32 Å². The number of carboxylic acid groups (broad SMARTS) is 1. The summed E-state index contributed by atoms with van der Waals surface area (Å²) in [4.78, 5) is 22.3. The lowest BCUT2D eigenvalue weighted by molar-refractivity contribution is -0.138. The Morgan fingerprint density at radius 2 is 2.00 bits per heavy atom. The molecule has 1 fully saturated rings. The maximum atomic E-state index is 11.6. The Bertz CT molecular complexity index is 754. The Morgan fingerprint density at radius 1 is 1.35 bits per heavy atom. The highest BCUT2D eigenvalue weighted by Crippen LogP contribution is 2.33. The fraction of sp³-hybridized carbons (Fsp3) is 0.375. The van der Waals surface area contributed by atoms with Gasteiger partial charge in [0.05, 0.1) is 30.9 Å². The van der Waals surface area contributed by atoms with Crippen LogP contribution < -0.4 is 14.8 Å². The van der Waals surface area contributed by atoms with Crippen LogP contribution in [-0.4, -0.2) is 46.8 Å². The molecule has 2 rings (SSSR count). The van der Waals surface area contributed by atoms with E-state index in [2.05, 4.69) is 15.5 Å². The highest BCUT2D eigenvalue weighted by molar-refractivity contribution is 8.15. The molecule has 1 heterocycles. The summed E-state index contributed by atoms with van der Waals surface area (Å²) in [5.74, 6) is -0.369. The van der Waals surface area contributed by atoms with Crippen LogP contribution in [0, 0.1) is 0 Å². The number of carbonyl (C=O) groups is 2. The van der Waals surface area contributed by atoms with Crippen LogP contribution in [0.5, 0.6) is 11.5 Å². The van der Waals surface area contributed by atoms with E-state index in [9.17, 15) is 9.59 Å². The second-order valence-electron chi connectivity index (χ2n) is 5.03. The molecule has 10 heteroatoms. The third-order valence-electron chi connectivity index (χ3n) is 3.14. The molecule has 1 unspecified atom stereocenters. The number of ether oxygens (including phenoxy) is 2. The Morgan fingerprint density at radius 3 is 2.62 bits per heavy atom. The second-order valence-corrected chi connectivity index (χ2v) is 6.63. The smallest absolute Gasteiger partial charge is 0.305 e. The second kappa shape index (κ2) is 9.44. The number of carboxylic acids is 1. The van der Waals surface area contributed by atoms with E-state index in [1.165, 1.54) is 6.21 Å². The normalized spacial score (nSPS) is 18.3. The van der Waals surface area contributed by atoms with Gasteiger partial charge < -0.3 is 19.9 Å². The Labute approximate surface area is 159 Å². The van der Waals surface area contributed by atoms with Crippen molar-refractivity contribution in [1.29, 1.82) is 0 Å². The number of aliphatic carboxylic acids is 1. The summed E-state index contributed by atoms with van der Waals surface area (Å²) in [5, 5.41) is 19.0. The first-order chi connectivity index (χ1) is 12.4. The summed E-state index contributed by atoms with van der Waals surface area (Å²) in [5.41, 5.74) is 0.569. The van der Waals surface area contributed by atoms with Crippen molar-refractivity contribution >= 4 is 46.6 Å². The maximum Gasteiger partial charge on any atom is 0.305 e. The van der Waals surface area contributed by atoms with Crippen molar-refractivity contribution < 1.29 is 24.2 Å². The summed E-state index contributed by atoms with van der Waals surface area (Å²) >= 11 is 7.24. The molecule has 1 aliphatic heterocycles. The van der Waals surface area contributed by atoms with E-state index in [0.717, 1.165) is 11.8 Å². The number of benzene rings is 1. The summed E-state index contributed by atoms with van der Waals surface area (Å²) in [6.07, 6.45) is 1.15. The molecule has 1 amide bonds. The van der Waals surface area contributed by atoms with Crippen LogP contribution in [0.2, 0.25) is 5.02 Å². The fourth-order valence-electron chi connectivity index (χ4n) is 2.08. The fourth-order valence-corrected chi connectivity index (χ4v) is 3.19. The first kappa shape index (κ1) is 20.1. The first-order valence-corrected chi connectivity index (χ1v) is 9.09. The number of amides is 1. The molecule has 1 saturated heterocycles. The van der Waals surface area contributed by atoms with Crippen LogP contribution in [-0.2, 0) is 9.59 Å². The van der Waals surface area contributed by atoms with Crippen molar-refractivity contribution in [2.24, 2.45) is 10.2 Å². The lowest BCUT2D eigenvalue weighted by Crippen LogP contribution is -2.26. The molecule has 2 N–H and O–H groups in total. The van der Waals surface area contributed by atoms with Gasteiger partial charge in [-0.05, 0) is 19.9 Å². The number of nitrogens with zero attached hydrogens (tertiary/aromatic N) is 2.